The van der Waals surface area contributed by atoms with Crippen molar-refractivity contribution in [2.24, 2.45) is 0 Å². The van der Waals surface area contributed by atoms with Crippen LogP contribution in [-0.4, -0.2) is 16.3 Å². The van der Waals surface area contributed by atoms with Crippen LogP contribution in [0.2, 0.25) is 0 Å². The van der Waals surface area contributed by atoms with Crippen molar-refractivity contribution >= 4 is 33.1 Å². The summed E-state index contributed by atoms with van der Waals surface area (Å²) in [6.07, 6.45) is -3.26. The number of alkyl halides is 3. The van der Waals surface area contributed by atoms with Gasteiger partial charge in [0.1, 0.15) is 22.7 Å². The minimum atomic E-state index is -4.71. The number of rotatable bonds is 4. The number of anilines is 2. The third kappa shape index (κ3) is 3.85. The molecule has 0 atom stereocenters. The molecule has 0 unspecified atom stereocenters. The number of hydrogen-bond donors (Lipinski definition) is 1. The quantitative estimate of drug-likeness (QED) is 0.466. The minimum Gasteiger partial charge on any atom is -0.406 e. The van der Waals surface area contributed by atoms with E-state index in [0.29, 0.717) is 11.5 Å². The van der Waals surface area contributed by atoms with E-state index in [0.717, 1.165) is 21.3 Å². The average molecular weight is 387 g/mol. The van der Waals surface area contributed by atoms with Crippen LogP contribution in [0.25, 0.3) is 21.3 Å². The Morgan fingerprint density at radius 1 is 0.926 bits per heavy atom. The van der Waals surface area contributed by atoms with Crippen molar-refractivity contribution < 1.29 is 17.9 Å². The van der Waals surface area contributed by atoms with Crippen molar-refractivity contribution in [3.8, 4) is 16.9 Å². The van der Waals surface area contributed by atoms with E-state index in [-0.39, 0.29) is 5.75 Å². The highest BCUT2D eigenvalue weighted by atomic mass is 32.1. The Labute approximate surface area is 156 Å². The first-order chi connectivity index (χ1) is 13.0. The largest absolute Gasteiger partial charge is 0.573 e. The lowest BCUT2D eigenvalue weighted by Crippen LogP contribution is -2.16. The van der Waals surface area contributed by atoms with Gasteiger partial charge in [-0.2, -0.15) is 0 Å². The Balaban J connectivity index is 1.67. The molecule has 0 saturated carbocycles. The van der Waals surface area contributed by atoms with Crippen molar-refractivity contribution in [2.75, 3.05) is 5.32 Å². The second kappa shape index (κ2) is 6.88. The molecule has 0 amide bonds. The molecule has 2 aromatic heterocycles. The zero-order valence-corrected chi connectivity index (χ0v) is 14.5. The second-order valence-corrected chi connectivity index (χ2v) is 6.47. The normalized spacial score (nSPS) is 11.5. The van der Waals surface area contributed by atoms with Crippen LogP contribution in [0.4, 0.5) is 24.7 Å². The smallest absolute Gasteiger partial charge is 0.406 e. The van der Waals surface area contributed by atoms with Gasteiger partial charge in [0, 0.05) is 16.6 Å². The second-order valence-electron chi connectivity index (χ2n) is 5.62. The molecule has 0 aliphatic rings. The molecule has 4 nitrogen and oxygen atoms in total. The number of halogens is 3. The SMILES string of the molecule is FC(F)(F)Oc1ccc(Nc2ncnc3scc(-c4ccccc4)c23)cc1. The van der Waals surface area contributed by atoms with Gasteiger partial charge in [-0.05, 0) is 29.8 Å². The monoisotopic (exact) mass is 387 g/mol. The zero-order valence-electron chi connectivity index (χ0n) is 13.7. The summed E-state index contributed by atoms with van der Waals surface area (Å²) in [5, 5.41) is 6.03. The van der Waals surface area contributed by atoms with Crippen molar-refractivity contribution in [3.63, 3.8) is 0 Å². The standard InChI is InChI=1S/C19H12F3N3OS/c20-19(21,22)26-14-8-6-13(7-9-14)25-17-16-15(12-4-2-1-3-5-12)10-27-18(16)24-11-23-17/h1-11H,(H,23,24,25). The molecular formula is C19H12F3N3OS. The Kier molecular flexibility index (Phi) is 4.41. The Morgan fingerprint density at radius 2 is 1.67 bits per heavy atom. The molecule has 0 aliphatic heterocycles. The van der Waals surface area contributed by atoms with Gasteiger partial charge in [-0.25, -0.2) is 9.97 Å². The molecule has 2 heterocycles. The predicted octanol–water partition coefficient (Wildman–Crippen LogP) is 6.00. The van der Waals surface area contributed by atoms with Gasteiger partial charge in [0.25, 0.3) is 0 Å². The number of nitrogens with zero attached hydrogens (tertiary/aromatic N) is 2. The molecule has 1 N–H and O–H groups in total. The molecule has 0 aliphatic carbocycles. The van der Waals surface area contributed by atoms with E-state index in [4.69, 9.17) is 0 Å². The van der Waals surface area contributed by atoms with E-state index in [1.165, 1.54) is 41.9 Å². The first-order valence-electron chi connectivity index (χ1n) is 7.90. The van der Waals surface area contributed by atoms with Gasteiger partial charge >= 0.3 is 6.36 Å². The summed E-state index contributed by atoms with van der Waals surface area (Å²) in [6.45, 7) is 0. The van der Waals surface area contributed by atoms with Gasteiger partial charge in [0.05, 0.1) is 5.39 Å². The number of aromatic nitrogens is 2. The number of nitrogens with one attached hydrogen (secondary N) is 1. The lowest BCUT2D eigenvalue weighted by molar-refractivity contribution is -0.274. The summed E-state index contributed by atoms with van der Waals surface area (Å²) in [5.74, 6) is 0.311. The van der Waals surface area contributed by atoms with Crippen LogP contribution in [0, 0.1) is 0 Å². The average Bonchev–Trinajstić information content (AvgIpc) is 3.08. The van der Waals surface area contributed by atoms with Crippen molar-refractivity contribution in [1.82, 2.24) is 9.97 Å². The Morgan fingerprint density at radius 3 is 2.37 bits per heavy atom. The Hall–Kier alpha value is -3.13. The number of thiophene rings is 1. The molecule has 4 aromatic rings. The highest BCUT2D eigenvalue weighted by molar-refractivity contribution is 7.17. The molecule has 2 aromatic carbocycles. The van der Waals surface area contributed by atoms with Crippen LogP contribution in [-0.2, 0) is 0 Å². The third-order valence-corrected chi connectivity index (χ3v) is 4.69. The first-order valence-corrected chi connectivity index (χ1v) is 8.78. The van der Waals surface area contributed by atoms with Gasteiger partial charge in [-0.3, -0.25) is 0 Å². The molecule has 0 spiro atoms. The molecule has 8 heteroatoms. The fraction of sp³-hybridized carbons (Fsp3) is 0.0526. The molecule has 4 rings (SSSR count). The maximum absolute atomic E-state index is 12.3. The van der Waals surface area contributed by atoms with Gasteiger partial charge < -0.3 is 10.1 Å². The van der Waals surface area contributed by atoms with E-state index in [1.54, 1.807) is 0 Å². The number of ether oxygens (including phenoxy) is 1. The van der Waals surface area contributed by atoms with E-state index < -0.39 is 6.36 Å². The fourth-order valence-electron chi connectivity index (χ4n) is 2.68. The number of hydrogen-bond acceptors (Lipinski definition) is 5. The number of fused-ring (bicyclic) bond motifs is 1. The van der Waals surface area contributed by atoms with Crippen LogP contribution < -0.4 is 10.1 Å². The van der Waals surface area contributed by atoms with Crippen LogP contribution >= 0.6 is 11.3 Å². The Bertz CT molecular complexity index is 1060. The molecule has 136 valence electrons. The minimum absolute atomic E-state index is 0.276. The van der Waals surface area contributed by atoms with Crippen LogP contribution in [0.15, 0.2) is 66.3 Å². The molecule has 0 fully saturated rings. The van der Waals surface area contributed by atoms with Crippen LogP contribution in [0.5, 0.6) is 5.75 Å². The highest BCUT2D eigenvalue weighted by Crippen LogP contribution is 2.37. The van der Waals surface area contributed by atoms with Gasteiger partial charge in [-0.15, -0.1) is 24.5 Å². The van der Waals surface area contributed by atoms with Gasteiger partial charge in [-0.1, -0.05) is 30.3 Å². The van der Waals surface area contributed by atoms with E-state index in [9.17, 15) is 13.2 Å². The topological polar surface area (TPSA) is 47.0 Å². The van der Waals surface area contributed by atoms with Crippen LogP contribution in [0.1, 0.15) is 0 Å². The molecular weight excluding hydrogens is 375 g/mol. The molecule has 0 bridgehead atoms. The summed E-state index contributed by atoms with van der Waals surface area (Å²) in [7, 11) is 0. The van der Waals surface area contributed by atoms with E-state index >= 15 is 0 Å². The van der Waals surface area contributed by atoms with Crippen molar-refractivity contribution in [1.29, 1.82) is 0 Å². The third-order valence-electron chi connectivity index (χ3n) is 3.81. The maximum atomic E-state index is 12.3. The fourth-order valence-corrected chi connectivity index (χ4v) is 3.59. The summed E-state index contributed by atoms with van der Waals surface area (Å²) in [5.41, 5.74) is 2.63. The predicted molar refractivity (Wildman–Crippen MR) is 99.3 cm³/mol. The lowest BCUT2D eigenvalue weighted by atomic mass is 10.1. The van der Waals surface area contributed by atoms with Crippen molar-refractivity contribution in [2.45, 2.75) is 6.36 Å². The lowest BCUT2D eigenvalue weighted by Gasteiger charge is -2.11. The zero-order chi connectivity index (χ0) is 18.9. The number of benzene rings is 2. The molecule has 0 saturated heterocycles. The molecule has 0 radical (unpaired) electrons. The summed E-state index contributed by atoms with van der Waals surface area (Å²) in [4.78, 5) is 9.44. The highest BCUT2D eigenvalue weighted by Gasteiger charge is 2.30. The maximum Gasteiger partial charge on any atom is 0.573 e. The molecule has 27 heavy (non-hydrogen) atoms. The van der Waals surface area contributed by atoms with Crippen LogP contribution in [0.3, 0.4) is 0 Å². The summed E-state index contributed by atoms with van der Waals surface area (Å²) < 4.78 is 40.7. The van der Waals surface area contributed by atoms with E-state index in [1.807, 2.05) is 35.7 Å². The first kappa shape index (κ1) is 17.3. The van der Waals surface area contributed by atoms with Gasteiger partial charge in [0.15, 0.2) is 0 Å². The summed E-state index contributed by atoms with van der Waals surface area (Å²) in [6, 6.07) is 15.4. The van der Waals surface area contributed by atoms with E-state index in [2.05, 4.69) is 20.0 Å². The van der Waals surface area contributed by atoms with Gasteiger partial charge in [0.2, 0.25) is 0 Å². The van der Waals surface area contributed by atoms with Crippen molar-refractivity contribution in [3.05, 3.63) is 66.3 Å². The summed E-state index contributed by atoms with van der Waals surface area (Å²) >= 11 is 1.51.